The summed E-state index contributed by atoms with van der Waals surface area (Å²) in [5.74, 6) is 0.821. The Balaban J connectivity index is 1.73. The highest BCUT2D eigenvalue weighted by Crippen LogP contribution is 2.33. The summed E-state index contributed by atoms with van der Waals surface area (Å²) in [6.07, 6.45) is 5.45. The molecule has 0 atom stereocenters. The molecule has 1 aliphatic rings. The van der Waals surface area contributed by atoms with Gasteiger partial charge in [-0.05, 0) is 37.7 Å². The summed E-state index contributed by atoms with van der Waals surface area (Å²) in [5, 5.41) is 16.6. The van der Waals surface area contributed by atoms with Crippen molar-refractivity contribution in [2.75, 3.05) is 6.54 Å². The second kappa shape index (κ2) is 6.38. The summed E-state index contributed by atoms with van der Waals surface area (Å²) in [5.41, 5.74) is -0.493. The monoisotopic (exact) mass is 287 g/mol. The summed E-state index contributed by atoms with van der Waals surface area (Å²) >= 11 is 7.54. The van der Waals surface area contributed by atoms with E-state index in [1.807, 2.05) is 11.4 Å². The minimum atomic E-state index is -0.493. The number of aliphatic hydroxyl groups is 1. The minimum absolute atomic E-state index is 0.493. The van der Waals surface area contributed by atoms with Crippen molar-refractivity contribution in [1.29, 1.82) is 0 Å². The number of hydrogen-bond acceptors (Lipinski definition) is 3. The predicted molar refractivity (Wildman–Crippen MR) is 78.2 cm³/mol. The van der Waals surface area contributed by atoms with Crippen LogP contribution in [0.2, 0.25) is 5.02 Å². The number of rotatable bonds is 5. The molecule has 1 aromatic heterocycles. The first-order valence-electron chi connectivity index (χ1n) is 6.77. The van der Waals surface area contributed by atoms with Crippen molar-refractivity contribution in [1.82, 2.24) is 5.32 Å². The van der Waals surface area contributed by atoms with Crippen molar-refractivity contribution in [3.63, 3.8) is 0 Å². The molecular weight excluding hydrogens is 266 g/mol. The van der Waals surface area contributed by atoms with Gasteiger partial charge in [0, 0.05) is 23.3 Å². The van der Waals surface area contributed by atoms with Crippen LogP contribution in [0, 0.1) is 5.92 Å². The van der Waals surface area contributed by atoms with Crippen LogP contribution in [-0.4, -0.2) is 17.3 Å². The number of halogens is 1. The molecule has 0 bridgehead atoms. The van der Waals surface area contributed by atoms with Gasteiger partial charge in [-0.3, -0.25) is 0 Å². The zero-order valence-electron chi connectivity index (χ0n) is 10.9. The van der Waals surface area contributed by atoms with Crippen molar-refractivity contribution in [2.45, 2.75) is 51.2 Å². The Labute approximate surface area is 118 Å². The Morgan fingerprint density at radius 2 is 2.22 bits per heavy atom. The van der Waals surface area contributed by atoms with Gasteiger partial charge in [0.2, 0.25) is 0 Å². The molecule has 0 saturated heterocycles. The Hall–Kier alpha value is -0.0900. The van der Waals surface area contributed by atoms with E-state index in [1.165, 1.54) is 24.1 Å². The molecule has 1 fully saturated rings. The lowest BCUT2D eigenvalue weighted by atomic mass is 9.78. The first-order chi connectivity index (χ1) is 8.61. The van der Waals surface area contributed by atoms with Crippen molar-refractivity contribution in [3.8, 4) is 0 Å². The van der Waals surface area contributed by atoms with Crippen LogP contribution >= 0.6 is 22.9 Å². The van der Waals surface area contributed by atoms with E-state index in [0.29, 0.717) is 6.54 Å². The molecule has 2 N–H and O–H groups in total. The fraction of sp³-hybridized carbons (Fsp3) is 0.714. The van der Waals surface area contributed by atoms with E-state index >= 15 is 0 Å². The number of thiophene rings is 1. The van der Waals surface area contributed by atoms with Gasteiger partial charge in [-0.1, -0.05) is 24.9 Å². The van der Waals surface area contributed by atoms with E-state index in [0.717, 1.165) is 30.3 Å². The quantitative estimate of drug-likeness (QED) is 0.863. The molecule has 2 rings (SSSR count). The van der Waals surface area contributed by atoms with E-state index in [1.54, 1.807) is 11.3 Å². The second-order valence-corrected chi connectivity index (χ2v) is 6.84. The van der Waals surface area contributed by atoms with Crippen molar-refractivity contribution in [3.05, 3.63) is 21.3 Å². The molecule has 2 nitrogen and oxygen atoms in total. The van der Waals surface area contributed by atoms with Crippen LogP contribution in [0.3, 0.4) is 0 Å². The van der Waals surface area contributed by atoms with Crippen LogP contribution in [0.5, 0.6) is 0 Å². The molecule has 1 saturated carbocycles. The first kappa shape index (κ1) is 14.3. The zero-order valence-corrected chi connectivity index (χ0v) is 12.5. The molecule has 0 amide bonds. The second-order valence-electron chi connectivity index (χ2n) is 5.41. The Bertz CT molecular complexity index is 372. The Morgan fingerprint density at radius 3 is 2.78 bits per heavy atom. The van der Waals surface area contributed by atoms with Crippen LogP contribution < -0.4 is 5.32 Å². The highest BCUT2D eigenvalue weighted by molar-refractivity contribution is 7.10. The molecular formula is C14H22ClNOS. The van der Waals surface area contributed by atoms with Crippen molar-refractivity contribution in [2.24, 2.45) is 5.92 Å². The van der Waals surface area contributed by atoms with Crippen LogP contribution in [-0.2, 0) is 6.54 Å². The molecule has 0 aromatic carbocycles. The van der Waals surface area contributed by atoms with E-state index in [-0.39, 0.29) is 0 Å². The van der Waals surface area contributed by atoms with E-state index < -0.39 is 5.60 Å². The van der Waals surface area contributed by atoms with E-state index in [2.05, 4.69) is 12.2 Å². The van der Waals surface area contributed by atoms with Crippen molar-refractivity contribution < 1.29 is 5.11 Å². The highest BCUT2D eigenvalue weighted by Gasteiger charge is 2.31. The smallest absolute Gasteiger partial charge is 0.0771 e. The van der Waals surface area contributed by atoms with Gasteiger partial charge in [-0.25, -0.2) is 0 Å². The lowest BCUT2D eigenvalue weighted by Crippen LogP contribution is -2.43. The summed E-state index contributed by atoms with van der Waals surface area (Å²) in [7, 11) is 0. The predicted octanol–water partition coefficient (Wildman–Crippen LogP) is 3.82. The molecule has 0 spiro atoms. The highest BCUT2D eigenvalue weighted by atomic mass is 35.5. The van der Waals surface area contributed by atoms with Gasteiger partial charge in [-0.2, -0.15) is 0 Å². The van der Waals surface area contributed by atoms with Gasteiger partial charge in [0.05, 0.1) is 10.6 Å². The molecule has 1 heterocycles. The van der Waals surface area contributed by atoms with Gasteiger partial charge in [0.1, 0.15) is 0 Å². The minimum Gasteiger partial charge on any atom is -0.389 e. The Morgan fingerprint density at radius 1 is 1.50 bits per heavy atom. The van der Waals surface area contributed by atoms with Crippen LogP contribution in [0.1, 0.15) is 43.9 Å². The maximum Gasteiger partial charge on any atom is 0.0771 e. The van der Waals surface area contributed by atoms with Crippen molar-refractivity contribution >= 4 is 22.9 Å². The maximum absolute atomic E-state index is 10.5. The molecule has 4 heteroatoms. The van der Waals surface area contributed by atoms with Crippen LogP contribution in [0.25, 0.3) is 0 Å². The van der Waals surface area contributed by atoms with Gasteiger partial charge in [0.25, 0.3) is 0 Å². The summed E-state index contributed by atoms with van der Waals surface area (Å²) < 4.78 is 0. The molecule has 0 unspecified atom stereocenters. The lowest BCUT2D eigenvalue weighted by Gasteiger charge is -2.36. The summed E-state index contributed by atoms with van der Waals surface area (Å²) in [6.45, 7) is 3.74. The average Bonchev–Trinajstić information content (AvgIpc) is 2.76. The molecule has 0 aliphatic heterocycles. The third-order valence-electron chi connectivity index (χ3n) is 3.99. The average molecular weight is 288 g/mol. The fourth-order valence-corrected chi connectivity index (χ4v) is 3.71. The number of hydrogen-bond donors (Lipinski definition) is 2. The lowest BCUT2D eigenvalue weighted by molar-refractivity contribution is -0.00876. The topological polar surface area (TPSA) is 32.3 Å². The van der Waals surface area contributed by atoms with Gasteiger partial charge in [0.15, 0.2) is 0 Å². The van der Waals surface area contributed by atoms with Crippen LogP contribution in [0.4, 0.5) is 0 Å². The van der Waals surface area contributed by atoms with Gasteiger partial charge in [-0.15, -0.1) is 11.3 Å². The SMILES string of the molecule is CCC1CCC(O)(CNCc2cc(Cl)cs2)CC1. The molecule has 102 valence electrons. The van der Waals surface area contributed by atoms with E-state index in [4.69, 9.17) is 11.6 Å². The number of nitrogens with one attached hydrogen (secondary N) is 1. The molecule has 18 heavy (non-hydrogen) atoms. The third-order valence-corrected chi connectivity index (χ3v) is 5.27. The zero-order chi connectivity index (χ0) is 13.0. The summed E-state index contributed by atoms with van der Waals surface area (Å²) in [4.78, 5) is 1.23. The Kier molecular flexibility index (Phi) is 5.07. The van der Waals surface area contributed by atoms with Gasteiger partial charge < -0.3 is 10.4 Å². The standard InChI is InChI=1S/C14H22ClNOS/c1-2-11-3-5-14(17,6-4-11)10-16-8-13-7-12(15)9-18-13/h7,9,11,16-17H,2-6,8,10H2,1H3. The molecule has 1 aromatic rings. The van der Waals surface area contributed by atoms with E-state index in [9.17, 15) is 5.11 Å². The molecule has 1 aliphatic carbocycles. The fourth-order valence-electron chi connectivity index (χ4n) is 2.66. The first-order valence-corrected chi connectivity index (χ1v) is 8.03. The van der Waals surface area contributed by atoms with Gasteiger partial charge >= 0.3 is 0 Å². The summed E-state index contributed by atoms with van der Waals surface area (Å²) in [6, 6.07) is 1.98. The molecule has 0 radical (unpaired) electrons. The largest absolute Gasteiger partial charge is 0.389 e. The van der Waals surface area contributed by atoms with Crippen LogP contribution in [0.15, 0.2) is 11.4 Å². The maximum atomic E-state index is 10.5. The third kappa shape index (κ3) is 3.95. The normalized spacial score (nSPS) is 28.5.